The van der Waals surface area contributed by atoms with Crippen molar-refractivity contribution in [1.29, 1.82) is 0 Å². The van der Waals surface area contributed by atoms with Crippen molar-refractivity contribution in [1.82, 2.24) is 5.32 Å². The Morgan fingerprint density at radius 3 is 1.76 bits per heavy atom. The third kappa shape index (κ3) is 7.83. The largest absolute Gasteiger partial charge is 0.387 e. The smallest absolute Gasteiger partial charge is 0.170 e. The Kier molecular flexibility index (Phi) is 10.8. The molecule has 0 heterocycles. The third-order valence-corrected chi connectivity index (χ3v) is 11.4. The van der Waals surface area contributed by atoms with E-state index in [4.69, 9.17) is 11.6 Å². The van der Waals surface area contributed by atoms with Crippen LogP contribution in [-0.4, -0.2) is 49.6 Å². The minimum atomic E-state index is -3.57. The molecule has 1 aromatic rings. The number of rotatable bonds is 8. The lowest BCUT2D eigenvalue weighted by molar-refractivity contribution is 0.163. The molecule has 2 N–H and O–H groups in total. The molecule has 6 nitrogen and oxygen atoms in total. The molecule has 29 heavy (non-hydrogen) atoms. The van der Waals surface area contributed by atoms with Gasteiger partial charge < -0.3 is 10.4 Å². The summed E-state index contributed by atoms with van der Waals surface area (Å²) in [5, 5.41) is 13.8. The van der Waals surface area contributed by atoms with Gasteiger partial charge in [-0.15, -0.1) is 0 Å². The van der Waals surface area contributed by atoms with E-state index in [9.17, 15) is 21.9 Å². The van der Waals surface area contributed by atoms with E-state index < -0.39 is 29.9 Å². The van der Waals surface area contributed by atoms with Crippen LogP contribution in [0.2, 0.25) is 5.02 Å². The lowest BCUT2D eigenvalue weighted by atomic mass is 10.1. The van der Waals surface area contributed by atoms with Gasteiger partial charge in [-0.1, -0.05) is 50.6 Å². The van der Waals surface area contributed by atoms with Crippen molar-refractivity contribution < 1.29 is 21.9 Å². The average Bonchev–Trinajstić information content (AvgIpc) is 2.65. The Bertz CT molecular complexity index is 812. The number of hydrogen-bond donors (Lipinski definition) is 2. The van der Waals surface area contributed by atoms with Gasteiger partial charge in [-0.3, -0.25) is 0 Å². The van der Waals surface area contributed by atoms with Crippen LogP contribution in [0.1, 0.15) is 66.6 Å². The lowest BCUT2D eigenvalue weighted by Gasteiger charge is -2.26. The zero-order valence-corrected chi connectivity index (χ0v) is 20.9. The SMILES string of the molecule is CC(C)(C)NCC(O)c1ccccc1Cl.CCC(C)(S(=O)(=O)CC)S(=O)(=O)CC. The fraction of sp³-hybridized carbons (Fsp3) is 0.700. The molecule has 0 aromatic heterocycles. The number of β-amino-alcohol motifs (C(OH)–C–C–N with tert-alkyl or cyclic N) is 1. The topological polar surface area (TPSA) is 101 Å². The van der Waals surface area contributed by atoms with Gasteiger partial charge >= 0.3 is 0 Å². The van der Waals surface area contributed by atoms with Crippen molar-refractivity contribution >= 4 is 31.3 Å². The van der Waals surface area contributed by atoms with Crippen LogP contribution in [0.4, 0.5) is 0 Å². The molecule has 9 heteroatoms. The molecule has 1 unspecified atom stereocenters. The molecule has 0 saturated carbocycles. The predicted molar refractivity (Wildman–Crippen MR) is 122 cm³/mol. The van der Waals surface area contributed by atoms with E-state index >= 15 is 0 Å². The summed E-state index contributed by atoms with van der Waals surface area (Å²) in [4.78, 5) is 0. The summed E-state index contributed by atoms with van der Waals surface area (Å²) >= 11 is 5.98. The van der Waals surface area contributed by atoms with E-state index in [0.717, 1.165) is 5.56 Å². The fourth-order valence-electron chi connectivity index (χ4n) is 2.50. The molecule has 0 radical (unpaired) electrons. The minimum Gasteiger partial charge on any atom is -0.387 e. The van der Waals surface area contributed by atoms with Crippen molar-refractivity contribution in [2.45, 2.75) is 70.6 Å². The molecule has 0 bridgehead atoms. The van der Waals surface area contributed by atoms with Gasteiger partial charge in [-0.25, -0.2) is 16.8 Å². The maximum Gasteiger partial charge on any atom is 0.170 e. The Hall–Kier alpha value is -0.670. The first-order valence-corrected chi connectivity index (χ1v) is 13.4. The number of nitrogens with one attached hydrogen (secondary N) is 1. The van der Waals surface area contributed by atoms with E-state index in [2.05, 4.69) is 26.1 Å². The molecule has 1 rings (SSSR count). The molecule has 0 amide bonds. The highest BCUT2D eigenvalue weighted by molar-refractivity contribution is 8.10. The Morgan fingerprint density at radius 2 is 1.41 bits per heavy atom. The van der Waals surface area contributed by atoms with E-state index in [1.165, 1.54) is 20.8 Å². The predicted octanol–water partition coefficient (Wildman–Crippen LogP) is 3.74. The molecule has 1 atom stereocenters. The monoisotopic (exact) mass is 469 g/mol. The van der Waals surface area contributed by atoms with Crippen molar-refractivity contribution in [2.75, 3.05) is 18.1 Å². The molecule has 170 valence electrons. The van der Waals surface area contributed by atoms with E-state index in [-0.39, 0.29) is 23.5 Å². The zero-order valence-electron chi connectivity index (χ0n) is 18.5. The second-order valence-corrected chi connectivity index (χ2v) is 14.0. The van der Waals surface area contributed by atoms with Crippen LogP contribution >= 0.6 is 11.6 Å². The van der Waals surface area contributed by atoms with Crippen molar-refractivity contribution in [2.24, 2.45) is 0 Å². The maximum absolute atomic E-state index is 11.7. The average molecular weight is 470 g/mol. The third-order valence-electron chi connectivity index (χ3n) is 4.81. The summed E-state index contributed by atoms with van der Waals surface area (Å²) in [6.07, 6.45) is -0.461. The second kappa shape index (κ2) is 11.1. The van der Waals surface area contributed by atoms with Gasteiger partial charge in [0.2, 0.25) is 0 Å². The Labute approximate surface area is 181 Å². The van der Waals surface area contributed by atoms with Crippen molar-refractivity contribution in [3.63, 3.8) is 0 Å². The Balaban J connectivity index is 0.000000543. The number of aliphatic hydroxyl groups is 1. The van der Waals surface area contributed by atoms with Crippen LogP contribution in [0.25, 0.3) is 0 Å². The van der Waals surface area contributed by atoms with Gasteiger partial charge in [0.25, 0.3) is 0 Å². The standard InChI is InChI=1S/C12H18ClNO.C8H18O4S2/c1-12(2,3)14-8-11(15)9-6-4-5-7-10(9)13;1-5-8(4,13(9,10)6-2)14(11,12)7-3/h4-7,11,14-15H,8H2,1-3H3;5-7H2,1-4H3. The Morgan fingerprint density at radius 1 is 0.966 bits per heavy atom. The zero-order chi connectivity index (χ0) is 23.1. The molecular weight excluding hydrogens is 434 g/mol. The van der Waals surface area contributed by atoms with Crippen molar-refractivity contribution in [3.05, 3.63) is 34.9 Å². The molecular formula is C20H36ClNO5S2. The first-order chi connectivity index (χ1) is 13.1. The molecule has 0 aliphatic heterocycles. The number of benzene rings is 1. The van der Waals surface area contributed by atoms with Crippen LogP contribution in [-0.2, 0) is 19.7 Å². The summed E-state index contributed by atoms with van der Waals surface area (Å²) in [5.41, 5.74) is 0.776. The van der Waals surface area contributed by atoms with Gasteiger partial charge in [0.1, 0.15) is 0 Å². The van der Waals surface area contributed by atoms with Crippen LogP contribution < -0.4 is 5.32 Å². The van der Waals surface area contributed by atoms with Crippen LogP contribution in [0.15, 0.2) is 24.3 Å². The van der Waals surface area contributed by atoms with E-state index in [1.54, 1.807) is 13.0 Å². The van der Waals surface area contributed by atoms with Gasteiger partial charge in [-0.05, 0) is 40.2 Å². The molecule has 1 aromatic carbocycles. The second-order valence-electron chi connectivity index (χ2n) is 7.96. The van der Waals surface area contributed by atoms with Crippen LogP contribution in [0, 0.1) is 0 Å². The number of halogens is 1. The highest BCUT2D eigenvalue weighted by Crippen LogP contribution is 2.29. The van der Waals surface area contributed by atoms with Gasteiger partial charge in [0.15, 0.2) is 23.8 Å². The first-order valence-electron chi connectivity index (χ1n) is 9.70. The molecule has 0 spiro atoms. The highest BCUT2D eigenvalue weighted by Gasteiger charge is 2.47. The summed E-state index contributed by atoms with van der Waals surface area (Å²) < 4.78 is 45.1. The van der Waals surface area contributed by atoms with Gasteiger partial charge in [-0.2, -0.15) is 0 Å². The lowest BCUT2D eigenvalue weighted by Crippen LogP contribution is -2.44. The normalized spacial score (nSPS) is 14.1. The first kappa shape index (κ1) is 28.3. The van der Waals surface area contributed by atoms with Gasteiger partial charge in [0.05, 0.1) is 6.10 Å². The highest BCUT2D eigenvalue weighted by atomic mass is 35.5. The fourth-order valence-corrected chi connectivity index (χ4v) is 7.12. The molecule has 0 aliphatic carbocycles. The van der Waals surface area contributed by atoms with Crippen LogP contribution in [0.5, 0.6) is 0 Å². The van der Waals surface area contributed by atoms with E-state index in [1.807, 2.05) is 18.2 Å². The molecule has 0 aliphatic rings. The quantitative estimate of drug-likeness (QED) is 0.601. The number of aliphatic hydroxyl groups excluding tert-OH is 1. The maximum atomic E-state index is 11.7. The summed E-state index contributed by atoms with van der Waals surface area (Å²) in [6.45, 7) is 12.5. The summed E-state index contributed by atoms with van der Waals surface area (Å²) in [6, 6.07) is 7.37. The molecule has 0 fully saturated rings. The number of sulfone groups is 2. The summed E-state index contributed by atoms with van der Waals surface area (Å²) in [7, 11) is -7.14. The minimum absolute atomic E-state index is 0.00222. The van der Waals surface area contributed by atoms with Crippen LogP contribution in [0.3, 0.4) is 0 Å². The van der Waals surface area contributed by atoms with E-state index in [0.29, 0.717) is 11.6 Å². The summed E-state index contributed by atoms with van der Waals surface area (Å²) in [5.74, 6) is -0.285. The number of hydrogen-bond acceptors (Lipinski definition) is 6. The molecule has 0 saturated heterocycles. The van der Waals surface area contributed by atoms with Crippen molar-refractivity contribution in [3.8, 4) is 0 Å². The van der Waals surface area contributed by atoms with Gasteiger partial charge in [0, 0.05) is 34.2 Å².